The Labute approximate surface area is 79.1 Å². The van der Waals surface area contributed by atoms with Crippen molar-refractivity contribution in [1.82, 2.24) is 0 Å². The normalized spacial score (nSPS) is 52.2. The van der Waals surface area contributed by atoms with Gasteiger partial charge >= 0.3 is 0 Å². The van der Waals surface area contributed by atoms with Crippen LogP contribution in [0.5, 0.6) is 0 Å². The van der Waals surface area contributed by atoms with Crippen LogP contribution in [0.3, 0.4) is 0 Å². The minimum Gasteiger partial charge on any atom is -0.163 e. The quantitative estimate of drug-likeness (QED) is 0.541. The number of nitrogens with zero attached hydrogens (tertiary/aromatic N) is 2. The second-order valence-corrected chi connectivity index (χ2v) is 4.98. The number of fused-ring (bicyclic) bond motifs is 5. The van der Waals surface area contributed by atoms with Crippen LogP contribution < -0.4 is 0 Å². The van der Waals surface area contributed by atoms with Crippen LogP contribution in [-0.4, -0.2) is 11.9 Å². The third-order valence-corrected chi connectivity index (χ3v) is 4.33. The van der Waals surface area contributed by atoms with E-state index in [0.29, 0.717) is 0 Å². The van der Waals surface area contributed by atoms with E-state index in [9.17, 15) is 0 Å². The molecule has 0 radical (unpaired) electrons. The summed E-state index contributed by atoms with van der Waals surface area (Å²) >= 11 is 0. The highest BCUT2D eigenvalue weighted by Crippen LogP contribution is 2.55. The molecule has 2 fully saturated rings. The predicted octanol–water partition coefficient (Wildman–Crippen LogP) is 2.36. The molecule has 0 N–H and O–H groups in total. The summed E-state index contributed by atoms with van der Waals surface area (Å²) in [5, 5.41) is 8.32. The molecule has 0 aromatic rings. The molecule has 5 atom stereocenters. The molecule has 2 nitrogen and oxygen atoms in total. The molecule has 1 aliphatic heterocycles. The number of hydrogen-bond acceptors (Lipinski definition) is 2. The first kappa shape index (κ1) is 7.72. The molecule has 0 aromatic carbocycles. The third kappa shape index (κ3) is 0.890. The van der Waals surface area contributed by atoms with Crippen LogP contribution in [0.15, 0.2) is 10.2 Å². The first-order chi connectivity index (χ1) is 6.27. The lowest BCUT2D eigenvalue weighted by Crippen LogP contribution is -2.34. The van der Waals surface area contributed by atoms with Gasteiger partial charge in [0.25, 0.3) is 0 Å². The highest BCUT2D eigenvalue weighted by Gasteiger charge is 2.52. The smallest absolute Gasteiger partial charge is 0.0415 e. The van der Waals surface area contributed by atoms with Crippen LogP contribution in [0.25, 0.3) is 0 Å². The second-order valence-electron chi connectivity index (χ2n) is 4.98. The summed E-state index contributed by atoms with van der Waals surface area (Å²) in [6.45, 7) is 4.55. The van der Waals surface area contributed by atoms with Gasteiger partial charge in [-0.15, -0.1) is 0 Å². The Bertz CT molecular complexity index is 292. The maximum atomic E-state index is 4.20. The second kappa shape index (κ2) is 2.43. The topological polar surface area (TPSA) is 24.7 Å². The summed E-state index contributed by atoms with van der Waals surface area (Å²) in [6, 6.07) is 0. The van der Waals surface area contributed by atoms with Crippen molar-refractivity contribution in [2.45, 2.75) is 26.7 Å². The van der Waals surface area contributed by atoms with Crippen LogP contribution in [0, 0.1) is 29.6 Å². The zero-order valence-electron chi connectivity index (χ0n) is 8.27. The first-order valence-electron chi connectivity index (χ1n) is 5.35. The third-order valence-electron chi connectivity index (χ3n) is 4.33. The van der Waals surface area contributed by atoms with E-state index >= 15 is 0 Å². The average Bonchev–Trinajstić information content (AvgIpc) is 2.61. The van der Waals surface area contributed by atoms with Gasteiger partial charge in [0.2, 0.25) is 0 Å². The molecule has 0 spiro atoms. The molecule has 0 saturated heterocycles. The molecule has 3 rings (SSSR count). The Morgan fingerprint density at radius 3 is 3.08 bits per heavy atom. The van der Waals surface area contributed by atoms with Gasteiger partial charge in [-0.2, -0.15) is 10.2 Å². The lowest BCUT2D eigenvalue weighted by molar-refractivity contribution is 0.274. The van der Waals surface area contributed by atoms with Crippen LogP contribution >= 0.6 is 0 Å². The van der Waals surface area contributed by atoms with E-state index in [4.69, 9.17) is 0 Å². The van der Waals surface area contributed by atoms with E-state index in [1.165, 1.54) is 18.6 Å². The zero-order valence-corrected chi connectivity index (χ0v) is 8.27. The van der Waals surface area contributed by atoms with Gasteiger partial charge in [-0.3, -0.25) is 0 Å². The van der Waals surface area contributed by atoms with E-state index in [-0.39, 0.29) is 0 Å². The fourth-order valence-electron chi connectivity index (χ4n) is 3.83. The van der Waals surface area contributed by atoms with E-state index in [1.807, 2.05) is 0 Å². The van der Waals surface area contributed by atoms with Crippen molar-refractivity contribution in [3.8, 4) is 0 Å². The largest absolute Gasteiger partial charge is 0.163 e. The molecule has 2 bridgehead atoms. The van der Waals surface area contributed by atoms with Crippen molar-refractivity contribution in [2.75, 3.05) is 0 Å². The molecule has 2 heteroatoms. The van der Waals surface area contributed by atoms with Gasteiger partial charge in [-0.05, 0) is 37.5 Å². The Kier molecular flexibility index (Phi) is 1.44. The maximum Gasteiger partial charge on any atom is 0.0415 e. The van der Waals surface area contributed by atoms with Gasteiger partial charge in [-0.1, -0.05) is 6.92 Å². The molecular weight excluding hydrogens is 160 g/mol. The van der Waals surface area contributed by atoms with Crippen LogP contribution in [0.2, 0.25) is 0 Å². The van der Waals surface area contributed by atoms with Crippen LogP contribution in [-0.2, 0) is 0 Å². The Morgan fingerprint density at radius 2 is 2.23 bits per heavy atom. The average molecular weight is 176 g/mol. The summed E-state index contributed by atoms with van der Waals surface area (Å²) in [6.07, 6.45) is 4.96. The van der Waals surface area contributed by atoms with Crippen molar-refractivity contribution in [3.63, 3.8) is 0 Å². The summed E-state index contributed by atoms with van der Waals surface area (Å²) in [5.74, 6) is 4.22. The van der Waals surface area contributed by atoms with Crippen molar-refractivity contribution in [2.24, 2.45) is 39.8 Å². The minimum absolute atomic E-state index is 0.728. The monoisotopic (exact) mass is 176 g/mol. The van der Waals surface area contributed by atoms with E-state index in [2.05, 4.69) is 30.3 Å². The SMILES string of the molecule is CC1=NN=CC2C3CC(CC3C)C12. The summed E-state index contributed by atoms with van der Waals surface area (Å²) < 4.78 is 0. The van der Waals surface area contributed by atoms with Gasteiger partial charge in [0.15, 0.2) is 0 Å². The van der Waals surface area contributed by atoms with Crippen LogP contribution in [0.1, 0.15) is 26.7 Å². The highest BCUT2D eigenvalue weighted by molar-refractivity contribution is 5.90. The molecule has 2 aliphatic carbocycles. The molecule has 5 unspecified atom stereocenters. The van der Waals surface area contributed by atoms with Gasteiger partial charge < -0.3 is 0 Å². The van der Waals surface area contributed by atoms with Gasteiger partial charge in [0, 0.05) is 23.8 Å². The minimum atomic E-state index is 0.728. The Balaban J connectivity index is 1.97. The van der Waals surface area contributed by atoms with E-state index in [0.717, 1.165) is 29.6 Å². The summed E-state index contributed by atoms with van der Waals surface area (Å²) in [4.78, 5) is 0. The Morgan fingerprint density at radius 1 is 1.38 bits per heavy atom. The standard InChI is InChI=1S/C11H16N2/c1-6-3-8-4-9(6)10-5-12-13-7(2)11(8)10/h5-6,8-11H,3-4H2,1-2H3. The number of rotatable bonds is 0. The predicted molar refractivity (Wildman–Crippen MR) is 54.0 cm³/mol. The van der Waals surface area contributed by atoms with Crippen molar-refractivity contribution < 1.29 is 0 Å². The maximum absolute atomic E-state index is 4.20. The fourth-order valence-corrected chi connectivity index (χ4v) is 3.83. The van der Waals surface area contributed by atoms with Crippen molar-refractivity contribution in [3.05, 3.63) is 0 Å². The molecule has 0 aromatic heterocycles. The number of hydrogen-bond donors (Lipinski definition) is 0. The van der Waals surface area contributed by atoms with Gasteiger partial charge in [-0.25, -0.2) is 0 Å². The summed E-state index contributed by atoms with van der Waals surface area (Å²) in [7, 11) is 0. The molecule has 13 heavy (non-hydrogen) atoms. The molecule has 2 saturated carbocycles. The molecule has 3 aliphatic rings. The fraction of sp³-hybridized carbons (Fsp3) is 0.818. The van der Waals surface area contributed by atoms with Gasteiger partial charge in [0.1, 0.15) is 0 Å². The summed E-state index contributed by atoms with van der Waals surface area (Å²) in [5.41, 5.74) is 1.28. The molecule has 1 heterocycles. The van der Waals surface area contributed by atoms with E-state index in [1.54, 1.807) is 0 Å². The van der Waals surface area contributed by atoms with Crippen LogP contribution in [0.4, 0.5) is 0 Å². The zero-order chi connectivity index (χ0) is 9.00. The first-order valence-corrected chi connectivity index (χ1v) is 5.35. The Hall–Kier alpha value is -0.660. The highest BCUT2D eigenvalue weighted by atomic mass is 15.2. The molecule has 70 valence electrons. The molecular formula is C11H16N2. The lowest BCUT2D eigenvalue weighted by Gasteiger charge is -2.33. The van der Waals surface area contributed by atoms with Crippen molar-refractivity contribution >= 4 is 11.9 Å². The van der Waals surface area contributed by atoms with Gasteiger partial charge in [0.05, 0.1) is 0 Å². The van der Waals surface area contributed by atoms with Crippen molar-refractivity contribution in [1.29, 1.82) is 0 Å². The molecule has 0 amide bonds. The van der Waals surface area contributed by atoms with E-state index < -0.39 is 0 Å². The lowest BCUT2D eigenvalue weighted by atomic mass is 9.73.